The van der Waals surface area contributed by atoms with Crippen molar-refractivity contribution in [3.8, 4) is 11.8 Å². The average Bonchev–Trinajstić information content (AvgIpc) is 2.67. The van der Waals surface area contributed by atoms with Gasteiger partial charge in [0.15, 0.2) is 0 Å². The number of hydrogen-bond acceptors (Lipinski definition) is 5. The van der Waals surface area contributed by atoms with Gasteiger partial charge in [0.25, 0.3) is 0 Å². The number of para-hydroxylation sites is 1. The van der Waals surface area contributed by atoms with E-state index in [1.54, 1.807) is 12.1 Å². The van der Waals surface area contributed by atoms with Crippen molar-refractivity contribution >= 4 is 0 Å². The second-order valence-electron chi connectivity index (χ2n) is 2.59. The first-order valence-corrected chi connectivity index (χ1v) is 4.14. The van der Waals surface area contributed by atoms with Gasteiger partial charge in [0.1, 0.15) is 5.75 Å². The smallest absolute Gasteiger partial charge is 0.359 e. The normalized spacial score (nSPS) is 10.1. The molecule has 0 atom stereocenters. The zero-order chi connectivity index (χ0) is 9.80. The number of aromatic nitrogens is 2. The quantitative estimate of drug-likeness (QED) is 0.791. The summed E-state index contributed by atoms with van der Waals surface area (Å²) in [6.45, 7) is 0.213. The van der Waals surface area contributed by atoms with Crippen molar-refractivity contribution < 1.29 is 9.26 Å². The number of ether oxygens (including phenoxy) is 1. The SMILES string of the molecule is NCc1nc(Oc2ccccc2)no1. The van der Waals surface area contributed by atoms with E-state index >= 15 is 0 Å². The third-order valence-corrected chi connectivity index (χ3v) is 1.58. The molecule has 0 saturated heterocycles. The van der Waals surface area contributed by atoms with Crippen LogP contribution in [0.5, 0.6) is 11.8 Å². The van der Waals surface area contributed by atoms with Gasteiger partial charge in [0, 0.05) is 0 Å². The van der Waals surface area contributed by atoms with Crippen LogP contribution in [0, 0.1) is 0 Å². The monoisotopic (exact) mass is 191 g/mol. The Morgan fingerprint density at radius 3 is 2.71 bits per heavy atom. The van der Waals surface area contributed by atoms with E-state index in [1.807, 2.05) is 18.2 Å². The lowest BCUT2D eigenvalue weighted by molar-refractivity contribution is 0.348. The molecule has 72 valence electrons. The van der Waals surface area contributed by atoms with Crippen LogP contribution in [0.4, 0.5) is 0 Å². The number of hydrogen-bond donors (Lipinski definition) is 1. The van der Waals surface area contributed by atoms with E-state index in [0.717, 1.165) is 0 Å². The van der Waals surface area contributed by atoms with Crippen molar-refractivity contribution in [2.24, 2.45) is 5.73 Å². The molecule has 0 unspecified atom stereocenters. The second kappa shape index (κ2) is 3.89. The van der Waals surface area contributed by atoms with Crippen LogP contribution < -0.4 is 10.5 Å². The highest BCUT2D eigenvalue weighted by Crippen LogP contribution is 2.16. The van der Waals surface area contributed by atoms with Crippen LogP contribution in [0.15, 0.2) is 34.9 Å². The summed E-state index contributed by atoms with van der Waals surface area (Å²) < 4.78 is 10.1. The zero-order valence-electron chi connectivity index (χ0n) is 7.38. The van der Waals surface area contributed by atoms with E-state index in [4.69, 9.17) is 15.0 Å². The standard InChI is InChI=1S/C9H9N3O2/c10-6-8-11-9(12-14-8)13-7-4-2-1-3-5-7/h1-5H,6,10H2. The van der Waals surface area contributed by atoms with Gasteiger partial charge in [-0.1, -0.05) is 18.2 Å². The Morgan fingerprint density at radius 1 is 1.29 bits per heavy atom. The lowest BCUT2D eigenvalue weighted by Crippen LogP contribution is -1.95. The molecule has 2 rings (SSSR count). The second-order valence-corrected chi connectivity index (χ2v) is 2.59. The van der Waals surface area contributed by atoms with Gasteiger partial charge in [-0.05, 0) is 17.3 Å². The maximum absolute atomic E-state index is 5.30. The van der Waals surface area contributed by atoms with Crippen molar-refractivity contribution in [2.75, 3.05) is 0 Å². The number of nitrogens with zero attached hydrogens (tertiary/aromatic N) is 2. The fourth-order valence-corrected chi connectivity index (χ4v) is 0.958. The number of rotatable bonds is 3. The van der Waals surface area contributed by atoms with Crippen LogP contribution in [0.1, 0.15) is 5.89 Å². The first-order chi connectivity index (χ1) is 6.88. The first kappa shape index (κ1) is 8.71. The fourth-order valence-electron chi connectivity index (χ4n) is 0.958. The Balaban J connectivity index is 2.11. The third kappa shape index (κ3) is 1.89. The highest BCUT2D eigenvalue weighted by Gasteiger charge is 2.05. The molecule has 0 fully saturated rings. The maximum atomic E-state index is 5.30. The lowest BCUT2D eigenvalue weighted by atomic mass is 10.3. The van der Waals surface area contributed by atoms with E-state index in [1.165, 1.54) is 0 Å². The summed E-state index contributed by atoms with van der Waals surface area (Å²) in [4.78, 5) is 3.90. The highest BCUT2D eigenvalue weighted by atomic mass is 16.6. The third-order valence-electron chi connectivity index (χ3n) is 1.58. The molecule has 0 amide bonds. The predicted molar refractivity (Wildman–Crippen MR) is 48.7 cm³/mol. The van der Waals surface area contributed by atoms with Crippen molar-refractivity contribution in [3.63, 3.8) is 0 Å². The molecule has 14 heavy (non-hydrogen) atoms. The molecule has 2 aromatic rings. The zero-order valence-corrected chi connectivity index (χ0v) is 7.38. The van der Waals surface area contributed by atoms with Crippen molar-refractivity contribution in [2.45, 2.75) is 6.54 Å². The van der Waals surface area contributed by atoms with Gasteiger partial charge >= 0.3 is 6.01 Å². The van der Waals surface area contributed by atoms with Crippen LogP contribution in [0.2, 0.25) is 0 Å². The summed E-state index contributed by atoms with van der Waals surface area (Å²) >= 11 is 0. The van der Waals surface area contributed by atoms with Crippen molar-refractivity contribution in [1.29, 1.82) is 0 Å². The minimum absolute atomic E-state index is 0.177. The maximum Gasteiger partial charge on any atom is 0.359 e. The van der Waals surface area contributed by atoms with E-state index in [0.29, 0.717) is 11.6 Å². The summed E-state index contributed by atoms with van der Waals surface area (Å²) in [5.74, 6) is 1.02. The lowest BCUT2D eigenvalue weighted by Gasteiger charge is -1.97. The molecule has 0 aliphatic carbocycles. The molecule has 5 nitrogen and oxygen atoms in total. The summed E-state index contributed by atoms with van der Waals surface area (Å²) in [7, 11) is 0. The van der Waals surface area contributed by atoms with Gasteiger partial charge in [0.2, 0.25) is 5.89 Å². The molecule has 1 aromatic heterocycles. The van der Waals surface area contributed by atoms with Gasteiger partial charge in [-0.15, -0.1) is 0 Å². The summed E-state index contributed by atoms with van der Waals surface area (Å²) in [6, 6.07) is 9.40. The minimum Gasteiger partial charge on any atom is -0.422 e. The average molecular weight is 191 g/mol. The minimum atomic E-state index is 0.177. The molecule has 0 saturated carbocycles. The Morgan fingerprint density at radius 2 is 2.07 bits per heavy atom. The van der Waals surface area contributed by atoms with Crippen molar-refractivity contribution in [3.05, 3.63) is 36.2 Å². The largest absolute Gasteiger partial charge is 0.422 e. The van der Waals surface area contributed by atoms with Crippen LogP contribution >= 0.6 is 0 Å². The Labute approximate surface area is 80.5 Å². The van der Waals surface area contributed by atoms with Crippen molar-refractivity contribution in [1.82, 2.24) is 10.1 Å². The Kier molecular flexibility index (Phi) is 2.42. The molecule has 1 aromatic carbocycles. The van der Waals surface area contributed by atoms with Gasteiger partial charge in [0.05, 0.1) is 6.54 Å². The molecule has 1 heterocycles. The van der Waals surface area contributed by atoms with E-state index in [-0.39, 0.29) is 12.6 Å². The molecule has 0 radical (unpaired) electrons. The fraction of sp³-hybridized carbons (Fsp3) is 0.111. The molecule has 0 spiro atoms. The summed E-state index contributed by atoms with van der Waals surface area (Å²) in [5, 5.41) is 3.59. The van der Waals surface area contributed by atoms with Crippen LogP contribution in [-0.2, 0) is 6.54 Å². The molecular formula is C9H9N3O2. The topological polar surface area (TPSA) is 74.2 Å². The van der Waals surface area contributed by atoms with E-state index in [9.17, 15) is 0 Å². The Hall–Kier alpha value is -1.88. The van der Waals surface area contributed by atoms with E-state index < -0.39 is 0 Å². The van der Waals surface area contributed by atoms with Gasteiger partial charge in [-0.2, -0.15) is 4.98 Å². The van der Waals surface area contributed by atoms with Gasteiger partial charge < -0.3 is 15.0 Å². The van der Waals surface area contributed by atoms with Gasteiger partial charge in [-0.3, -0.25) is 0 Å². The summed E-state index contributed by atoms with van der Waals surface area (Å²) in [6.07, 6.45) is 0. The number of benzene rings is 1. The molecule has 0 bridgehead atoms. The summed E-state index contributed by atoms with van der Waals surface area (Å²) in [5.41, 5.74) is 5.30. The molecule has 5 heteroatoms. The van der Waals surface area contributed by atoms with Crippen LogP contribution in [0.25, 0.3) is 0 Å². The van der Waals surface area contributed by atoms with Crippen LogP contribution in [0.3, 0.4) is 0 Å². The van der Waals surface area contributed by atoms with Crippen LogP contribution in [-0.4, -0.2) is 10.1 Å². The highest BCUT2D eigenvalue weighted by molar-refractivity contribution is 5.23. The molecule has 0 aliphatic rings. The number of nitrogens with two attached hydrogens (primary N) is 1. The first-order valence-electron chi connectivity index (χ1n) is 4.14. The van der Waals surface area contributed by atoms with E-state index in [2.05, 4.69) is 10.1 Å². The molecular weight excluding hydrogens is 182 g/mol. The Bertz CT molecular complexity index is 399. The van der Waals surface area contributed by atoms with Gasteiger partial charge in [-0.25, -0.2) is 0 Å². The predicted octanol–water partition coefficient (Wildman–Crippen LogP) is 1.32. The molecule has 2 N–H and O–H groups in total. The molecule has 0 aliphatic heterocycles.